The topological polar surface area (TPSA) is 108 Å². The average Bonchev–Trinajstić information content (AvgIpc) is 3.14. The van der Waals surface area contributed by atoms with Crippen LogP contribution >= 0.6 is 11.6 Å². The molecule has 1 amide bonds. The number of hydrogen-bond acceptors (Lipinski definition) is 7. The minimum Gasteiger partial charge on any atom is -0.490 e. The van der Waals surface area contributed by atoms with Gasteiger partial charge in [0.2, 0.25) is 0 Å². The fourth-order valence-electron chi connectivity index (χ4n) is 7.41. The molecule has 4 aliphatic rings. The summed E-state index contributed by atoms with van der Waals surface area (Å²) in [5, 5.41) is 11.9. The van der Waals surface area contributed by atoms with Gasteiger partial charge in [0.05, 0.1) is 25.0 Å². The molecule has 1 saturated carbocycles. The summed E-state index contributed by atoms with van der Waals surface area (Å²) >= 11 is 6.40. The molecule has 45 heavy (non-hydrogen) atoms. The van der Waals surface area contributed by atoms with E-state index >= 15 is 0 Å². The molecule has 244 valence electrons. The fraction of sp³-hybridized carbons (Fsp3) is 0.559. The number of ether oxygens (including phenoxy) is 2. The van der Waals surface area contributed by atoms with Crippen molar-refractivity contribution in [1.82, 2.24) is 9.03 Å². The lowest BCUT2D eigenvalue weighted by Gasteiger charge is -2.45. The predicted molar refractivity (Wildman–Crippen MR) is 175 cm³/mol. The van der Waals surface area contributed by atoms with Crippen LogP contribution < -0.4 is 14.4 Å². The molecule has 2 aliphatic carbocycles. The van der Waals surface area contributed by atoms with Crippen LogP contribution in [-0.4, -0.2) is 75.8 Å². The zero-order chi connectivity index (χ0) is 31.6. The van der Waals surface area contributed by atoms with Gasteiger partial charge in [-0.05, 0) is 98.2 Å². The molecule has 2 aromatic carbocycles. The van der Waals surface area contributed by atoms with E-state index in [0.29, 0.717) is 38.5 Å². The Morgan fingerprint density at radius 2 is 2.04 bits per heavy atom. The number of nitrogens with one attached hydrogen (secondary N) is 1. The maximum Gasteiger partial charge on any atom is 0.304 e. The van der Waals surface area contributed by atoms with Crippen molar-refractivity contribution in [3.8, 4) is 5.75 Å². The number of carbonyl (C=O) groups excluding carboxylic acids is 1. The van der Waals surface area contributed by atoms with Crippen LogP contribution in [-0.2, 0) is 26.8 Å². The number of benzene rings is 2. The van der Waals surface area contributed by atoms with E-state index in [0.717, 1.165) is 49.2 Å². The quantitative estimate of drug-likeness (QED) is 0.349. The Hall–Kier alpha value is -2.63. The Labute approximate surface area is 271 Å². The van der Waals surface area contributed by atoms with Gasteiger partial charge in [-0.15, -0.1) is 0 Å². The summed E-state index contributed by atoms with van der Waals surface area (Å²) in [5.41, 5.74) is 3.23. The van der Waals surface area contributed by atoms with Gasteiger partial charge >= 0.3 is 10.2 Å². The zero-order valence-corrected chi connectivity index (χ0v) is 27.5. The van der Waals surface area contributed by atoms with Gasteiger partial charge in [0.1, 0.15) is 5.75 Å². The minimum absolute atomic E-state index is 0.101. The largest absolute Gasteiger partial charge is 0.490 e. The molecule has 2 N–H and O–H groups in total. The number of aliphatic hydroxyl groups is 1. The van der Waals surface area contributed by atoms with Gasteiger partial charge in [-0.1, -0.05) is 36.7 Å². The van der Waals surface area contributed by atoms with Gasteiger partial charge in [0, 0.05) is 48.8 Å². The van der Waals surface area contributed by atoms with Gasteiger partial charge in [0.15, 0.2) is 0 Å². The molecule has 11 heteroatoms. The SMILES string of the molecule is CCCOCCN1CC/C=C/[C@H](O)[C@@H]2CC[C@H]2CN2C[C@@]3(CCCc4cc(Cl)ccc43)COc3ccc(cc32)C(=O)NS1(=O)=O. The van der Waals surface area contributed by atoms with E-state index in [2.05, 4.69) is 21.8 Å². The summed E-state index contributed by atoms with van der Waals surface area (Å²) < 4.78 is 42.5. The van der Waals surface area contributed by atoms with Crippen LogP contribution in [0, 0.1) is 11.8 Å². The van der Waals surface area contributed by atoms with Crippen LogP contribution in [0.1, 0.15) is 66.9 Å². The normalized spacial score (nSPS) is 29.0. The summed E-state index contributed by atoms with van der Waals surface area (Å²) in [6.07, 6.45) is 9.14. The first-order valence-electron chi connectivity index (χ1n) is 16.2. The van der Waals surface area contributed by atoms with Crippen molar-refractivity contribution in [2.24, 2.45) is 11.8 Å². The molecule has 0 unspecified atom stereocenters. The number of aliphatic hydroxyl groups excluding tert-OH is 1. The minimum atomic E-state index is -4.16. The molecule has 2 aromatic rings. The van der Waals surface area contributed by atoms with Crippen LogP contribution in [0.5, 0.6) is 5.75 Å². The second-order valence-electron chi connectivity index (χ2n) is 12.9. The molecular weight excluding hydrogens is 614 g/mol. The number of aryl methyl sites for hydroxylation is 1. The van der Waals surface area contributed by atoms with E-state index in [1.165, 1.54) is 15.4 Å². The summed E-state index contributed by atoms with van der Waals surface area (Å²) in [6, 6.07) is 11.3. The molecule has 1 spiro atoms. The van der Waals surface area contributed by atoms with Crippen LogP contribution in [0.15, 0.2) is 48.6 Å². The Morgan fingerprint density at radius 3 is 2.84 bits per heavy atom. The third kappa shape index (κ3) is 6.90. The van der Waals surface area contributed by atoms with Crippen molar-refractivity contribution in [1.29, 1.82) is 0 Å². The highest BCUT2D eigenvalue weighted by Crippen LogP contribution is 2.46. The lowest BCUT2D eigenvalue weighted by atomic mass is 9.68. The molecule has 0 aromatic heterocycles. The van der Waals surface area contributed by atoms with E-state index in [9.17, 15) is 18.3 Å². The van der Waals surface area contributed by atoms with Crippen LogP contribution in [0.2, 0.25) is 5.02 Å². The number of carbonyl (C=O) groups is 1. The van der Waals surface area contributed by atoms with Gasteiger partial charge in [-0.25, -0.2) is 4.72 Å². The standard InChI is InChI=1S/C34H44ClN3O6S/c1-2-17-43-18-16-38-15-4-3-7-31(39)28-11-8-26(28)21-37-22-34(14-5-6-24-19-27(35)10-12-29(24)34)23-44-32-13-9-25(20-30(32)37)33(40)36-45(38,41)42/h3,7,9-10,12-13,19-20,26,28,31,39H,2,4-6,8,11,14-18,21-23H2,1H3,(H,36,40)/b7-3+/t26-,28+,31-,34-/m0/s1. The van der Waals surface area contributed by atoms with Crippen molar-refractivity contribution >= 4 is 33.4 Å². The number of fused-ring (bicyclic) bond motifs is 4. The maximum absolute atomic E-state index is 13.5. The van der Waals surface area contributed by atoms with Crippen LogP contribution in [0.25, 0.3) is 0 Å². The van der Waals surface area contributed by atoms with Crippen molar-refractivity contribution in [3.63, 3.8) is 0 Å². The van der Waals surface area contributed by atoms with Crippen molar-refractivity contribution in [2.45, 2.75) is 63.4 Å². The fourth-order valence-corrected chi connectivity index (χ4v) is 8.75. The molecule has 1 fully saturated rings. The third-order valence-electron chi connectivity index (χ3n) is 9.94. The number of halogens is 1. The molecule has 4 atom stereocenters. The molecule has 2 bridgehead atoms. The van der Waals surface area contributed by atoms with Gasteiger partial charge < -0.3 is 19.5 Å². The molecular formula is C34H44ClN3O6S. The first kappa shape index (κ1) is 32.3. The van der Waals surface area contributed by atoms with E-state index in [1.807, 2.05) is 19.1 Å². The Balaban J connectivity index is 1.36. The first-order valence-corrected chi connectivity index (χ1v) is 18.1. The number of nitrogens with zero attached hydrogens (tertiary/aromatic N) is 2. The predicted octanol–water partition coefficient (Wildman–Crippen LogP) is 4.86. The smallest absolute Gasteiger partial charge is 0.304 e. The molecule has 6 rings (SSSR count). The number of amides is 1. The lowest BCUT2D eigenvalue weighted by molar-refractivity contribution is 0.0456. The third-order valence-corrected chi connectivity index (χ3v) is 11.7. The zero-order valence-electron chi connectivity index (χ0n) is 25.9. The molecule has 0 saturated heterocycles. The Bertz CT molecular complexity index is 1530. The van der Waals surface area contributed by atoms with E-state index < -0.39 is 22.2 Å². The summed E-state index contributed by atoms with van der Waals surface area (Å²) in [7, 11) is -4.16. The molecule has 2 heterocycles. The second-order valence-corrected chi connectivity index (χ2v) is 15.1. The van der Waals surface area contributed by atoms with Gasteiger partial charge in [-0.3, -0.25) is 4.79 Å². The van der Waals surface area contributed by atoms with Gasteiger partial charge in [-0.2, -0.15) is 12.7 Å². The van der Waals surface area contributed by atoms with E-state index in [4.69, 9.17) is 21.1 Å². The van der Waals surface area contributed by atoms with Crippen molar-refractivity contribution < 1.29 is 27.8 Å². The molecule has 2 aliphatic heterocycles. The van der Waals surface area contributed by atoms with E-state index in [1.54, 1.807) is 24.3 Å². The van der Waals surface area contributed by atoms with Crippen molar-refractivity contribution in [3.05, 3.63) is 70.3 Å². The highest BCUT2D eigenvalue weighted by molar-refractivity contribution is 7.87. The summed E-state index contributed by atoms with van der Waals surface area (Å²) in [6.45, 7) is 4.89. The molecule has 0 radical (unpaired) electrons. The van der Waals surface area contributed by atoms with Crippen LogP contribution in [0.3, 0.4) is 0 Å². The average molecular weight is 658 g/mol. The lowest BCUT2D eigenvalue weighted by Crippen LogP contribution is -2.49. The van der Waals surface area contributed by atoms with Gasteiger partial charge in [0.25, 0.3) is 5.91 Å². The monoisotopic (exact) mass is 657 g/mol. The second kappa shape index (κ2) is 13.6. The van der Waals surface area contributed by atoms with E-state index in [-0.39, 0.29) is 42.5 Å². The Morgan fingerprint density at radius 1 is 1.18 bits per heavy atom. The number of anilines is 1. The maximum atomic E-state index is 13.5. The highest BCUT2D eigenvalue weighted by atomic mass is 35.5. The summed E-state index contributed by atoms with van der Waals surface area (Å²) in [5.74, 6) is 0.343. The first-order chi connectivity index (χ1) is 21.7. The summed E-state index contributed by atoms with van der Waals surface area (Å²) in [4.78, 5) is 15.8. The molecule has 9 nitrogen and oxygen atoms in total. The number of hydrogen-bond donors (Lipinski definition) is 2. The Kier molecular flexibility index (Phi) is 9.78. The number of rotatable bonds is 5. The van der Waals surface area contributed by atoms with Crippen LogP contribution in [0.4, 0.5) is 5.69 Å². The highest BCUT2D eigenvalue weighted by Gasteiger charge is 2.44. The van der Waals surface area contributed by atoms with Crippen molar-refractivity contribution in [2.75, 3.05) is 50.9 Å².